The number of hydrogen-bond donors (Lipinski definition) is 1. The molecule has 0 saturated heterocycles. The van der Waals surface area contributed by atoms with Gasteiger partial charge in [-0.25, -0.2) is 0 Å². The second-order valence-corrected chi connectivity index (χ2v) is 6.35. The summed E-state index contributed by atoms with van der Waals surface area (Å²) >= 11 is 3.51. The van der Waals surface area contributed by atoms with Crippen LogP contribution in [0.1, 0.15) is 49.4 Å². The lowest BCUT2D eigenvalue weighted by Crippen LogP contribution is -2.23. The van der Waals surface area contributed by atoms with Crippen LogP contribution >= 0.6 is 15.9 Å². The summed E-state index contributed by atoms with van der Waals surface area (Å²) in [6.07, 6.45) is 3.50. The Bertz CT molecular complexity index is 530. The van der Waals surface area contributed by atoms with Crippen molar-refractivity contribution in [3.05, 3.63) is 69.7 Å². The minimum absolute atomic E-state index is 0.272. The van der Waals surface area contributed by atoms with E-state index in [9.17, 15) is 0 Å². The Balaban J connectivity index is 2.24. The Morgan fingerprint density at radius 1 is 0.857 bits per heavy atom. The van der Waals surface area contributed by atoms with Crippen LogP contribution in [0.3, 0.4) is 0 Å². The van der Waals surface area contributed by atoms with Crippen molar-refractivity contribution in [3.8, 4) is 0 Å². The zero-order valence-electron chi connectivity index (χ0n) is 12.9. The maximum absolute atomic E-state index is 3.66. The van der Waals surface area contributed by atoms with E-state index in [0.717, 1.165) is 23.9 Å². The van der Waals surface area contributed by atoms with Gasteiger partial charge in [0.25, 0.3) is 0 Å². The fourth-order valence-corrected chi connectivity index (χ4v) is 2.80. The molecule has 21 heavy (non-hydrogen) atoms. The molecule has 0 bridgehead atoms. The normalized spacial score (nSPS) is 12.3. The van der Waals surface area contributed by atoms with E-state index >= 15 is 0 Å². The molecule has 1 nitrogen and oxygen atoms in total. The molecule has 2 aromatic carbocycles. The molecule has 0 aliphatic heterocycles. The molecule has 0 spiro atoms. The number of aryl methyl sites for hydroxylation is 1. The Morgan fingerprint density at radius 3 is 1.95 bits per heavy atom. The Morgan fingerprint density at radius 2 is 1.43 bits per heavy atom. The molecule has 0 amide bonds. The van der Waals surface area contributed by atoms with Gasteiger partial charge in [-0.15, -0.1) is 0 Å². The third-order valence-electron chi connectivity index (χ3n) is 3.65. The van der Waals surface area contributed by atoms with Crippen molar-refractivity contribution in [3.63, 3.8) is 0 Å². The fourth-order valence-electron chi connectivity index (χ4n) is 2.54. The zero-order chi connectivity index (χ0) is 15.1. The number of halogens is 1. The van der Waals surface area contributed by atoms with Crippen LogP contribution in [0.2, 0.25) is 0 Å². The second-order valence-electron chi connectivity index (χ2n) is 5.43. The number of rotatable bonds is 7. The largest absolute Gasteiger partial charge is 0.306 e. The van der Waals surface area contributed by atoms with E-state index < -0.39 is 0 Å². The first-order valence-corrected chi connectivity index (χ1v) is 8.61. The van der Waals surface area contributed by atoms with E-state index in [-0.39, 0.29) is 6.04 Å². The van der Waals surface area contributed by atoms with Crippen molar-refractivity contribution in [1.29, 1.82) is 0 Å². The van der Waals surface area contributed by atoms with Crippen LogP contribution in [-0.2, 0) is 6.42 Å². The Kier molecular flexibility index (Phi) is 6.47. The standard InChI is InChI=1S/C19H24BrN/c1-3-5-15-6-8-16(9-7-15)19(21-14-4-2)17-10-12-18(20)13-11-17/h6-13,19,21H,3-5,14H2,1-2H3. The zero-order valence-corrected chi connectivity index (χ0v) is 14.5. The van der Waals surface area contributed by atoms with Gasteiger partial charge in [-0.1, -0.05) is 72.6 Å². The molecule has 0 saturated carbocycles. The van der Waals surface area contributed by atoms with Crippen molar-refractivity contribution in [2.45, 2.75) is 39.2 Å². The maximum atomic E-state index is 3.66. The van der Waals surface area contributed by atoms with Crippen LogP contribution < -0.4 is 5.32 Å². The highest BCUT2D eigenvalue weighted by Crippen LogP contribution is 2.24. The molecular formula is C19H24BrN. The van der Waals surface area contributed by atoms with Gasteiger partial charge in [-0.05, 0) is 48.2 Å². The lowest BCUT2D eigenvalue weighted by atomic mass is 9.97. The van der Waals surface area contributed by atoms with Gasteiger partial charge in [0.05, 0.1) is 6.04 Å². The molecule has 1 unspecified atom stereocenters. The van der Waals surface area contributed by atoms with Gasteiger partial charge >= 0.3 is 0 Å². The average Bonchev–Trinajstić information content (AvgIpc) is 2.51. The van der Waals surface area contributed by atoms with Gasteiger partial charge in [-0.2, -0.15) is 0 Å². The summed E-state index contributed by atoms with van der Waals surface area (Å²) in [5, 5.41) is 3.66. The van der Waals surface area contributed by atoms with Crippen LogP contribution in [0.15, 0.2) is 53.0 Å². The summed E-state index contributed by atoms with van der Waals surface area (Å²) in [6.45, 7) is 5.45. The minimum Gasteiger partial charge on any atom is -0.306 e. The molecule has 0 aliphatic carbocycles. The van der Waals surface area contributed by atoms with Crippen LogP contribution in [0, 0.1) is 0 Å². The molecule has 0 fully saturated rings. The molecule has 2 aromatic rings. The first-order chi connectivity index (χ1) is 10.2. The summed E-state index contributed by atoms with van der Waals surface area (Å²) < 4.78 is 1.12. The number of hydrogen-bond acceptors (Lipinski definition) is 1. The van der Waals surface area contributed by atoms with Crippen LogP contribution in [0.5, 0.6) is 0 Å². The third kappa shape index (κ3) is 4.69. The molecule has 2 heteroatoms. The summed E-state index contributed by atoms with van der Waals surface area (Å²) in [4.78, 5) is 0. The highest BCUT2D eigenvalue weighted by Gasteiger charge is 2.13. The number of benzene rings is 2. The van der Waals surface area contributed by atoms with Crippen molar-refractivity contribution >= 4 is 15.9 Å². The first-order valence-electron chi connectivity index (χ1n) is 7.82. The summed E-state index contributed by atoms with van der Waals surface area (Å²) in [5.74, 6) is 0. The van der Waals surface area contributed by atoms with Crippen molar-refractivity contribution in [2.75, 3.05) is 6.54 Å². The Hall–Kier alpha value is -1.12. The van der Waals surface area contributed by atoms with Gasteiger partial charge in [0.2, 0.25) is 0 Å². The summed E-state index contributed by atoms with van der Waals surface area (Å²) in [5.41, 5.74) is 4.08. The summed E-state index contributed by atoms with van der Waals surface area (Å²) in [6, 6.07) is 17.9. The number of nitrogens with one attached hydrogen (secondary N) is 1. The van der Waals surface area contributed by atoms with Crippen molar-refractivity contribution in [1.82, 2.24) is 5.32 Å². The predicted molar refractivity (Wildman–Crippen MR) is 94.7 cm³/mol. The molecule has 0 aromatic heterocycles. The lowest BCUT2D eigenvalue weighted by molar-refractivity contribution is 0.598. The molecule has 2 rings (SSSR count). The molecule has 112 valence electrons. The SMILES string of the molecule is CCCNC(c1ccc(Br)cc1)c1ccc(CCC)cc1. The molecule has 0 radical (unpaired) electrons. The maximum Gasteiger partial charge on any atom is 0.0576 e. The van der Waals surface area contributed by atoms with Gasteiger partial charge in [-0.3, -0.25) is 0 Å². The van der Waals surface area contributed by atoms with E-state index in [1.54, 1.807) is 0 Å². The minimum atomic E-state index is 0.272. The molecule has 0 aliphatic rings. The molecule has 1 N–H and O–H groups in total. The van der Waals surface area contributed by atoms with Gasteiger partial charge < -0.3 is 5.32 Å². The Labute approximate surface area is 136 Å². The summed E-state index contributed by atoms with van der Waals surface area (Å²) in [7, 11) is 0. The highest BCUT2D eigenvalue weighted by molar-refractivity contribution is 9.10. The van der Waals surface area contributed by atoms with Crippen LogP contribution in [-0.4, -0.2) is 6.54 Å². The van der Waals surface area contributed by atoms with E-state index in [1.165, 1.54) is 23.1 Å². The quantitative estimate of drug-likeness (QED) is 0.699. The van der Waals surface area contributed by atoms with E-state index in [4.69, 9.17) is 0 Å². The topological polar surface area (TPSA) is 12.0 Å². The second kappa shape index (κ2) is 8.35. The van der Waals surface area contributed by atoms with Crippen LogP contribution in [0.25, 0.3) is 0 Å². The fraction of sp³-hybridized carbons (Fsp3) is 0.368. The first kappa shape index (κ1) is 16.3. The highest BCUT2D eigenvalue weighted by atomic mass is 79.9. The van der Waals surface area contributed by atoms with Gasteiger partial charge in [0.1, 0.15) is 0 Å². The molecule has 1 atom stereocenters. The lowest BCUT2D eigenvalue weighted by Gasteiger charge is -2.20. The molecule has 0 heterocycles. The molecular weight excluding hydrogens is 322 g/mol. The van der Waals surface area contributed by atoms with Gasteiger partial charge in [0.15, 0.2) is 0 Å². The van der Waals surface area contributed by atoms with Crippen molar-refractivity contribution in [2.24, 2.45) is 0 Å². The monoisotopic (exact) mass is 345 g/mol. The smallest absolute Gasteiger partial charge is 0.0576 e. The third-order valence-corrected chi connectivity index (χ3v) is 4.18. The van der Waals surface area contributed by atoms with Crippen LogP contribution in [0.4, 0.5) is 0 Å². The van der Waals surface area contributed by atoms with E-state index in [1.807, 2.05) is 0 Å². The van der Waals surface area contributed by atoms with Gasteiger partial charge in [0, 0.05) is 4.47 Å². The van der Waals surface area contributed by atoms with E-state index in [0.29, 0.717) is 0 Å². The van der Waals surface area contributed by atoms with E-state index in [2.05, 4.69) is 83.6 Å². The average molecular weight is 346 g/mol. The van der Waals surface area contributed by atoms with Crippen molar-refractivity contribution < 1.29 is 0 Å². The predicted octanol–water partition coefficient (Wildman–Crippen LogP) is 5.49.